The quantitative estimate of drug-likeness (QED) is 0.723. The molecular weight excluding hydrogens is 324 g/mol. The van der Waals surface area contributed by atoms with E-state index in [1.165, 1.54) is 0 Å². The molecule has 5 nitrogen and oxygen atoms in total. The molecule has 0 saturated carbocycles. The van der Waals surface area contributed by atoms with E-state index in [-0.39, 0.29) is 0 Å². The van der Waals surface area contributed by atoms with Crippen molar-refractivity contribution in [2.45, 2.75) is 12.6 Å². The van der Waals surface area contributed by atoms with Gasteiger partial charge in [0.15, 0.2) is 0 Å². The van der Waals surface area contributed by atoms with Crippen molar-refractivity contribution in [3.63, 3.8) is 0 Å². The molecule has 0 aliphatic carbocycles. The van der Waals surface area contributed by atoms with E-state index >= 15 is 0 Å². The maximum Gasteiger partial charge on any atom is 0.0983 e. The molecule has 3 rings (SSSR count). The Morgan fingerprint density at radius 1 is 1.29 bits per heavy atom. The molecule has 0 amide bonds. The molecule has 3 aromatic rings. The molecule has 0 aliphatic rings. The molecule has 0 fully saturated rings. The number of nitrogens with one attached hydrogen (secondary N) is 1. The summed E-state index contributed by atoms with van der Waals surface area (Å²) in [5, 5.41) is 18.7. The van der Waals surface area contributed by atoms with Crippen LogP contribution in [0, 0.1) is 0 Å². The van der Waals surface area contributed by atoms with Crippen LogP contribution in [0.4, 0.5) is 0 Å². The standard InChI is InChI=1S/C18H19ClN4O/c1-23-12-15(18(22-23)14-5-3-7-20-9-14)10-21-11-17(24)13-4-2-6-16(19)8-13/h2-9,12,17,21,24H,10-11H2,1H3/t17-/m0/s1. The average molecular weight is 343 g/mol. The molecule has 24 heavy (non-hydrogen) atoms. The SMILES string of the molecule is Cn1cc(CNC[C@H](O)c2cccc(Cl)c2)c(-c2cccnc2)n1. The van der Waals surface area contributed by atoms with Crippen LogP contribution in [0.25, 0.3) is 11.3 Å². The first-order chi connectivity index (χ1) is 11.6. The highest BCUT2D eigenvalue weighted by atomic mass is 35.5. The largest absolute Gasteiger partial charge is 0.387 e. The number of nitrogens with zero attached hydrogens (tertiary/aromatic N) is 3. The van der Waals surface area contributed by atoms with E-state index in [0.29, 0.717) is 18.1 Å². The average Bonchev–Trinajstić information content (AvgIpc) is 2.96. The lowest BCUT2D eigenvalue weighted by Crippen LogP contribution is -2.21. The van der Waals surface area contributed by atoms with Crippen molar-refractivity contribution in [1.29, 1.82) is 0 Å². The molecule has 124 valence electrons. The Morgan fingerprint density at radius 3 is 2.92 bits per heavy atom. The summed E-state index contributed by atoms with van der Waals surface area (Å²) in [5.41, 5.74) is 3.73. The number of benzene rings is 1. The van der Waals surface area contributed by atoms with Gasteiger partial charge in [0.25, 0.3) is 0 Å². The van der Waals surface area contributed by atoms with E-state index in [9.17, 15) is 5.11 Å². The number of aliphatic hydroxyl groups excluding tert-OH is 1. The summed E-state index contributed by atoms with van der Waals surface area (Å²) in [5.74, 6) is 0. The summed E-state index contributed by atoms with van der Waals surface area (Å²) in [4.78, 5) is 4.15. The van der Waals surface area contributed by atoms with Gasteiger partial charge in [-0.2, -0.15) is 5.10 Å². The van der Waals surface area contributed by atoms with Gasteiger partial charge in [-0.1, -0.05) is 23.7 Å². The summed E-state index contributed by atoms with van der Waals surface area (Å²) in [7, 11) is 1.89. The number of halogens is 1. The topological polar surface area (TPSA) is 63.0 Å². The summed E-state index contributed by atoms with van der Waals surface area (Å²) in [6.07, 6.45) is 4.90. The second kappa shape index (κ2) is 7.57. The number of aliphatic hydroxyl groups is 1. The van der Waals surface area contributed by atoms with Gasteiger partial charge in [0.2, 0.25) is 0 Å². The van der Waals surface area contributed by atoms with Gasteiger partial charge >= 0.3 is 0 Å². The lowest BCUT2D eigenvalue weighted by molar-refractivity contribution is 0.174. The number of rotatable bonds is 6. The van der Waals surface area contributed by atoms with E-state index in [1.54, 1.807) is 29.2 Å². The van der Waals surface area contributed by atoms with Crippen LogP contribution in [0.1, 0.15) is 17.2 Å². The van der Waals surface area contributed by atoms with Gasteiger partial charge in [-0.15, -0.1) is 0 Å². The first-order valence-electron chi connectivity index (χ1n) is 7.70. The minimum absolute atomic E-state index is 0.432. The van der Waals surface area contributed by atoms with Crippen LogP contribution in [0.5, 0.6) is 0 Å². The van der Waals surface area contributed by atoms with Gasteiger partial charge in [0.1, 0.15) is 0 Å². The Hall–Kier alpha value is -2.21. The Balaban J connectivity index is 1.65. The van der Waals surface area contributed by atoms with Crippen LogP contribution in [0.3, 0.4) is 0 Å². The van der Waals surface area contributed by atoms with Gasteiger partial charge in [-0.3, -0.25) is 9.67 Å². The molecule has 0 aliphatic heterocycles. The Kier molecular flexibility index (Phi) is 5.25. The number of hydrogen-bond acceptors (Lipinski definition) is 4. The minimum atomic E-state index is -0.609. The molecule has 2 aromatic heterocycles. The normalized spacial score (nSPS) is 12.3. The van der Waals surface area contributed by atoms with E-state index in [0.717, 1.165) is 22.4 Å². The molecule has 0 radical (unpaired) electrons. The summed E-state index contributed by atoms with van der Waals surface area (Å²) >= 11 is 5.96. The summed E-state index contributed by atoms with van der Waals surface area (Å²) in [6, 6.07) is 11.1. The Morgan fingerprint density at radius 2 is 2.17 bits per heavy atom. The molecule has 2 N–H and O–H groups in total. The summed E-state index contributed by atoms with van der Waals surface area (Å²) < 4.78 is 1.78. The maximum absolute atomic E-state index is 10.3. The minimum Gasteiger partial charge on any atom is -0.387 e. The van der Waals surface area contributed by atoms with Crippen LogP contribution in [0.2, 0.25) is 5.02 Å². The zero-order chi connectivity index (χ0) is 16.9. The van der Waals surface area contributed by atoms with E-state index in [1.807, 2.05) is 37.5 Å². The maximum atomic E-state index is 10.3. The fourth-order valence-corrected chi connectivity index (χ4v) is 2.79. The van der Waals surface area contributed by atoms with Crippen molar-refractivity contribution in [2.24, 2.45) is 7.05 Å². The van der Waals surface area contributed by atoms with Crippen LogP contribution >= 0.6 is 11.6 Å². The lowest BCUT2D eigenvalue weighted by Gasteiger charge is -2.12. The molecule has 6 heteroatoms. The van der Waals surface area contributed by atoms with Gasteiger partial charge in [0, 0.05) is 54.9 Å². The van der Waals surface area contributed by atoms with Crippen LogP contribution in [0.15, 0.2) is 55.0 Å². The smallest absolute Gasteiger partial charge is 0.0983 e. The van der Waals surface area contributed by atoms with Crippen LogP contribution in [-0.2, 0) is 13.6 Å². The Labute approximate surface area is 145 Å². The molecule has 1 atom stereocenters. The first kappa shape index (κ1) is 16.6. The lowest BCUT2D eigenvalue weighted by atomic mass is 10.1. The predicted molar refractivity (Wildman–Crippen MR) is 94.6 cm³/mol. The van der Waals surface area contributed by atoms with E-state index in [4.69, 9.17) is 11.6 Å². The molecule has 0 spiro atoms. The molecule has 2 heterocycles. The fraction of sp³-hybridized carbons (Fsp3) is 0.222. The van der Waals surface area contributed by atoms with Crippen molar-refractivity contribution >= 4 is 11.6 Å². The van der Waals surface area contributed by atoms with Crippen molar-refractivity contribution in [1.82, 2.24) is 20.1 Å². The highest BCUT2D eigenvalue weighted by Gasteiger charge is 2.12. The van der Waals surface area contributed by atoms with Gasteiger partial charge < -0.3 is 10.4 Å². The third-order valence-electron chi connectivity index (χ3n) is 3.73. The second-order valence-electron chi connectivity index (χ2n) is 5.62. The van der Waals surface area contributed by atoms with Crippen molar-refractivity contribution in [2.75, 3.05) is 6.54 Å². The van der Waals surface area contributed by atoms with Crippen LogP contribution in [-0.4, -0.2) is 26.4 Å². The van der Waals surface area contributed by atoms with Gasteiger partial charge in [-0.05, 0) is 29.8 Å². The van der Waals surface area contributed by atoms with Crippen molar-refractivity contribution in [3.05, 3.63) is 71.1 Å². The van der Waals surface area contributed by atoms with E-state index < -0.39 is 6.10 Å². The third kappa shape index (κ3) is 4.00. The van der Waals surface area contributed by atoms with Crippen molar-refractivity contribution < 1.29 is 5.11 Å². The number of pyridine rings is 1. The fourth-order valence-electron chi connectivity index (χ4n) is 2.59. The van der Waals surface area contributed by atoms with E-state index in [2.05, 4.69) is 15.4 Å². The second-order valence-corrected chi connectivity index (χ2v) is 6.06. The van der Waals surface area contributed by atoms with Gasteiger partial charge in [0.05, 0.1) is 11.8 Å². The van der Waals surface area contributed by atoms with Gasteiger partial charge in [-0.25, -0.2) is 0 Å². The highest BCUT2D eigenvalue weighted by molar-refractivity contribution is 6.30. The molecule has 0 saturated heterocycles. The zero-order valence-corrected chi connectivity index (χ0v) is 14.1. The molecular formula is C18H19ClN4O. The highest BCUT2D eigenvalue weighted by Crippen LogP contribution is 2.21. The monoisotopic (exact) mass is 342 g/mol. The number of aromatic nitrogens is 3. The van der Waals surface area contributed by atoms with Crippen LogP contribution < -0.4 is 5.32 Å². The molecule has 0 bridgehead atoms. The number of aryl methyl sites for hydroxylation is 1. The first-order valence-corrected chi connectivity index (χ1v) is 8.08. The Bertz CT molecular complexity index is 804. The molecule has 1 aromatic carbocycles. The van der Waals surface area contributed by atoms with Crippen molar-refractivity contribution in [3.8, 4) is 11.3 Å². The summed E-state index contributed by atoms with van der Waals surface area (Å²) in [6.45, 7) is 1.04. The number of hydrogen-bond donors (Lipinski definition) is 2. The third-order valence-corrected chi connectivity index (χ3v) is 3.96. The molecule has 0 unspecified atom stereocenters. The predicted octanol–water partition coefficient (Wildman–Crippen LogP) is 2.96. The zero-order valence-electron chi connectivity index (χ0n) is 13.4.